The summed E-state index contributed by atoms with van der Waals surface area (Å²) in [5.74, 6) is -1.58. The highest BCUT2D eigenvalue weighted by atomic mass is 16.7. The molecule has 0 radical (unpaired) electrons. The van der Waals surface area contributed by atoms with E-state index in [0.717, 1.165) is 11.6 Å². The number of ether oxygens (including phenoxy) is 3. The molecule has 0 saturated carbocycles. The lowest BCUT2D eigenvalue weighted by atomic mass is 9.95. The van der Waals surface area contributed by atoms with Crippen LogP contribution in [0.5, 0.6) is 5.75 Å². The molecule has 0 unspecified atom stereocenters. The first-order valence-electron chi connectivity index (χ1n) is 9.46. The van der Waals surface area contributed by atoms with Crippen molar-refractivity contribution in [2.24, 2.45) is 0 Å². The fraction of sp³-hybridized carbons (Fsp3) is 0.524. The molecular formula is C21H28O8. The van der Waals surface area contributed by atoms with Gasteiger partial charge in [0.25, 0.3) is 0 Å². The standard InChI is InChI=1S/C21H28O8/c1-12-9-14-5-4-6-15(22)20(25)16(23)7-8-18(28-11-27-3)13(2)29-21(26)19(14)17(24)10-12/h7-10,13,15,18,20,22,24-25H,4-6,11H2,1-3H3/b8-7-/t13-,15-,18+,20-/m0/s1. The largest absolute Gasteiger partial charge is 0.507 e. The summed E-state index contributed by atoms with van der Waals surface area (Å²) in [6.45, 7) is 3.25. The quantitative estimate of drug-likeness (QED) is 0.507. The number of esters is 1. The molecule has 1 heterocycles. The smallest absolute Gasteiger partial charge is 0.342 e. The molecule has 1 aromatic carbocycles. The maximum Gasteiger partial charge on any atom is 0.342 e. The number of aliphatic hydroxyl groups excluding tert-OH is 2. The number of carbonyl (C=O) groups is 2. The van der Waals surface area contributed by atoms with Gasteiger partial charge in [-0.2, -0.15) is 0 Å². The minimum absolute atomic E-state index is 0.0556. The van der Waals surface area contributed by atoms with E-state index in [1.807, 2.05) is 0 Å². The van der Waals surface area contributed by atoms with E-state index in [0.29, 0.717) is 18.4 Å². The van der Waals surface area contributed by atoms with Gasteiger partial charge in [0, 0.05) is 7.11 Å². The molecule has 8 nitrogen and oxygen atoms in total. The van der Waals surface area contributed by atoms with Gasteiger partial charge in [0.2, 0.25) is 0 Å². The lowest BCUT2D eigenvalue weighted by molar-refractivity contribution is -0.128. The van der Waals surface area contributed by atoms with E-state index in [4.69, 9.17) is 14.2 Å². The SMILES string of the molecule is COCO[C@@H]1/C=C\C(=O)[C@@H](O)[C@@H](O)CCCc2cc(C)cc(O)c2C(=O)O[C@H]1C. The molecule has 1 aliphatic heterocycles. The van der Waals surface area contributed by atoms with Gasteiger partial charge in [-0.05, 0) is 62.5 Å². The Bertz CT molecular complexity index is 757. The van der Waals surface area contributed by atoms with Crippen molar-refractivity contribution in [2.45, 2.75) is 57.5 Å². The number of ketones is 1. The van der Waals surface area contributed by atoms with Crippen LogP contribution in [-0.2, 0) is 25.4 Å². The summed E-state index contributed by atoms with van der Waals surface area (Å²) >= 11 is 0. The predicted octanol–water partition coefficient (Wildman–Crippen LogP) is 1.42. The summed E-state index contributed by atoms with van der Waals surface area (Å²) in [4.78, 5) is 24.9. The fourth-order valence-corrected chi connectivity index (χ4v) is 3.20. The number of cyclic esters (lactones) is 1. The lowest BCUT2D eigenvalue weighted by Gasteiger charge is -2.23. The number of benzene rings is 1. The minimum atomic E-state index is -1.57. The second-order valence-electron chi connectivity index (χ2n) is 7.13. The summed E-state index contributed by atoms with van der Waals surface area (Å²) in [5.41, 5.74) is 1.39. The van der Waals surface area contributed by atoms with Crippen LogP contribution in [0.15, 0.2) is 24.3 Å². The third-order valence-electron chi connectivity index (χ3n) is 4.73. The van der Waals surface area contributed by atoms with E-state index in [1.165, 1.54) is 19.3 Å². The van der Waals surface area contributed by atoms with E-state index in [2.05, 4.69) is 0 Å². The first-order chi connectivity index (χ1) is 13.7. The van der Waals surface area contributed by atoms with Crippen molar-refractivity contribution in [1.29, 1.82) is 0 Å². The molecule has 0 saturated heterocycles. The van der Waals surface area contributed by atoms with Crippen molar-refractivity contribution >= 4 is 11.8 Å². The van der Waals surface area contributed by atoms with Crippen LogP contribution in [0.3, 0.4) is 0 Å². The maximum atomic E-state index is 12.8. The average Bonchev–Trinajstić information content (AvgIpc) is 2.65. The van der Waals surface area contributed by atoms with Crippen molar-refractivity contribution in [2.75, 3.05) is 13.9 Å². The average molecular weight is 408 g/mol. The molecule has 0 aromatic heterocycles. The molecule has 29 heavy (non-hydrogen) atoms. The van der Waals surface area contributed by atoms with Crippen molar-refractivity contribution in [1.82, 2.24) is 0 Å². The Morgan fingerprint density at radius 1 is 1.24 bits per heavy atom. The van der Waals surface area contributed by atoms with Crippen LogP contribution in [0.25, 0.3) is 0 Å². The lowest BCUT2D eigenvalue weighted by Crippen LogP contribution is -2.34. The highest BCUT2D eigenvalue weighted by Crippen LogP contribution is 2.27. The van der Waals surface area contributed by atoms with Crippen LogP contribution >= 0.6 is 0 Å². The normalized spacial score (nSPS) is 27.6. The Labute approximate surface area is 169 Å². The Kier molecular flexibility index (Phi) is 8.33. The summed E-state index contributed by atoms with van der Waals surface area (Å²) < 4.78 is 15.8. The van der Waals surface area contributed by atoms with Crippen molar-refractivity contribution in [3.63, 3.8) is 0 Å². The number of methoxy groups -OCH3 is 1. The zero-order valence-electron chi connectivity index (χ0n) is 16.8. The molecule has 0 amide bonds. The van der Waals surface area contributed by atoms with Crippen LogP contribution in [0.4, 0.5) is 0 Å². The Morgan fingerprint density at radius 2 is 1.97 bits per heavy atom. The monoisotopic (exact) mass is 408 g/mol. The molecule has 0 spiro atoms. The van der Waals surface area contributed by atoms with Crippen LogP contribution in [0, 0.1) is 6.92 Å². The van der Waals surface area contributed by atoms with Gasteiger partial charge in [-0.25, -0.2) is 4.79 Å². The molecule has 0 aliphatic carbocycles. The summed E-state index contributed by atoms with van der Waals surface area (Å²) in [5, 5.41) is 30.5. The highest BCUT2D eigenvalue weighted by Gasteiger charge is 2.27. The molecule has 8 heteroatoms. The number of fused-ring (bicyclic) bond motifs is 1. The first kappa shape index (κ1) is 23.0. The van der Waals surface area contributed by atoms with Gasteiger partial charge in [0.15, 0.2) is 5.78 Å². The number of carbonyl (C=O) groups excluding carboxylic acids is 2. The van der Waals surface area contributed by atoms with E-state index in [9.17, 15) is 24.9 Å². The molecule has 3 N–H and O–H groups in total. The van der Waals surface area contributed by atoms with Gasteiger partial charge >= 0.3 is 5.97 Å². The number of aryl methyl sites for hydroxylation is 2. The number of phenols is 1. The van der Waals surface area contributed by atoms with Gasteiger partial charge in [0.05, 0.1) is 6.10 Å². The first-order valence-corrected chi connectivity index (χ1v) is 9.46. The topological polar surface area (TPSA) is 123 Å². The molecule has 1 aromatic rings. The predicted molar refractivity (Wildman–Crippen MR) is 104 cm³/mol. The van der Waals surface area contributed by atoms with E-state index < -0.39 is 36.2 Å². The van der Waals surface area contributed by atoms with Crippen LogP contribution in [0.1, 0.15) is 41.3 Å². The van der Waals surface area contributed by atoms with E-state index in [1.54, 1.807) is 19.9 Å². The number of rotatable bonds is 3. The van der Waals surface area contributed by atoms with Crippen molar-refractivity contribution < 1.29 is 39.1 Å². The van der Waals surface area contributed by atoms with Gasteiger partial charge in [-0.3, -0.25) is 4.79 Å². The zero-order valence-corrected chi connectivity index (χ0v) is 16.8. The maximum absolute atomic E-state index is 12.8. The second-order valence-corrected chi connectivity index (χ2v) is 7.13. The van der Waals surface area contributed by atoms with E-state index in [-0.39, 0.29) is 24.5 Å². The number of aromatic hydroxyl groups is 1. The van der Waals surface area contributed by atoms with Crippen molar-refractivity contribution in [3.05, 3.63) is 41.0 Å². The molecule has 2 rings (SSSR count). The third kappa shape index (κ3) is 6.11. The molecule has 1 aliphatic rings. The molecular weight excluding hydrogens is 380 g/mol. The number of hydrogen-bond donors (Lipinski definition) is 3. The molecule has 4 atom stereocenters. The number of hydrogen-bond acceptors (Lipinski definition) is 8. The Hall–Kier alpha value is -2.26. The zero-order chi connectivity index (χ0) is 21.6. The fourth-order valence-electron chi connectivity index (χ4n) is 3.20. The Balaban J connectivity index is 2.41. The number of aliphatic hydroxyl groups is 2. The molecule has 0 bridgehead atoms. The molecule has 160 valence electrons. The van der Waals surface area contributed by atoms with Crippen LogP contribution in [-0.4, -0.2) is 65.4 Å². The number of phenolic OH excluding ortho intramolecular Hbond substituents is 1. The van der Waals surface area contributed by atoms with Crippen LogP contribution in [0.2, 0.25) is 0 Å². The third-order valence-corrected chi connectivity index (χ3v) is 4.73. The van der Waals surface area contributed by atoms with Crippen molar-refractivity contribution in [3.8, 4) is 5.75 Å². The minimum Gasteiger partial charge on any atom is -0.507 e. The summed E-state index contributed by atoms with van der Waals surface area (Å²) in [6, 6.07) is 3.24. The Morgan fingerprint density at radius 3 is 2.66 bits per heavy atom. The van der Waals surface area contributed by atoms with Gasteiger partial charge in [-0.1, -0.05) is 6.07 Å². The van der Waals surface area contributed by atoms with E-state index >= 15 is 0 Å². The van der Waals surface area contributed by atoms with Gasteiger partial charge < -0.3 is 29.5 Å². The summed E-state index contributed by atoms with van der Waals surface area (Å²) in [7, 11) is 1.42. The van der Waals surface area contributed by atoms with Gasteiger partial charge in [-0.15, -0.1) is 0 Å². The summed E-state index contributed by atoms with van der Waals surface area (Å²) in [6.07, 6.45) is -1.15. The van der Waals surface area contributed by atoms with Crippen LogP contribution < -0.4 is 0 Å². The van der Waals surface area contributed by atoms with Gasteiger partial charge in [0.1, 0.15) is 36.4 Å². The highest BCUT2D eigenvalue weighted by molar-refractivity contribution is 5.95. The second kappa shape index (κ2) is 10.5. The molecule has 0 fully saturated rings.